The molecule has 2 aliphatic rings. The van der Waals surface area contributed by atoms with E-state index in [9.17, 15) is 9.90 Å². The van der Waals surface area contributed by atoms with Crippen LogP contribution in [-0.4, -0.2) is 24.4 Å². The van der Waals surface area contributed by atoms with E-state index >= 15 is 0 Å². The molecule has 3 aromatic carbocycles. The van der Waals surface area contributed by atoms with Crippen molar-refractivity contribution in [2.45, 2.75) is 24.8 Å². The highest BCUT2D eigenvalue weighted by atomic mass is 16.5. The molecule has 5 rings (SSSR count). The molecule has 0 spiro atoms. The number of hydrogen-bond acceptors (Lipinski definition) is 3. The van der Waals surface area contributed by atoms with Crippen molar-refractivity contribution in [3.05, 3.63) is 95.6 Å². The Morgan fingerprint density at radius 2 is 1.52 bits per heavy atom. The van der Waals surface area contributed by atoms with Gasteiger partial charge in [0, 0.05) is 12.5 Å². The number of carbonyl (C=O) groups is 1. The van der Waals surface area contributed by atoms with Crippen molar-refractivity contribution < 1.29 is 14.6 Å². The maximum atomic E-state index is 12.8. The van der Waals surface area contributed by atoms with E-state index < -0.39 is 6.09 Å². The molecule has 1 fully saturated rings. The van der Waals surface area contributed by atoms with E-state index in [1.807, 2.05) is 54.6 Å². The second kappa shape index (κ2) is 8.56. The number of nitrogens with one attached hydrogen (secondary N) is 1. The van der Waals surface area contributed by atoms with Crippen LogP contribution in [-0.2, 0) is 4.74 Å². The van der Waals surface area contributed by atoms with Crippen LogP contribution in [0.25, 0.3) is 11.1 Å². The maximum Gasteiger partial charge on any atom is 0.407 e. The van der Waals surface area contributed by atoms with Crippen molar-refractivity contribution in [2.75, 3.05) is 13.2 Å². The van der Waals surface area contributed by atoms with Crippen LogP contribution >= 0.6 is 0 Å². The molecule has 158 valence electrons. The third-order valence-corrected chi connectivity index (χ3v) is 6.68. The van der Waals surface area contributed by atoms with Gasteiger partial charge in [0.15, 0.2) is 0 Å². The van der Waals surface area contributed by atoms with Crippen LogP contribution in [0.5, 0.6) is 0 Å². The molecule has 3 aromatic rings. The number of ether oxygens (including phenoxy) is 1. The monoisotopic (exact) mass is 413 g/mol. The van der Waals surface area contributed by atoms with Gasteiger partial charge in [0.1, 0.15) is 6.61 Å². The number of carbonyl (C=O) groups excluding carboxylic acids is 1. The van der Waals surface area contributed by atoms with Crippen molar-refractivity contribution >= 4 is 6.09 Å². The first-order valence-corrected chi connectivity index (χ1v) is 11.0. The Kier molecular flexibility index (Phi) is 5.47. The summed E-state index contributed by atoms with van der Waals surface area (Å²) in [4.78, 5) is 12.8. The summed E-state index contributed by atoms with van der Waals surface area (Å²) < 4.78 is 5.75. The number of aliphatic hydroxyl groups excluding tert-OH is 1. The molecule has 4 nitrogen and oxygen atoms in total. The zero-order chi connectivity index (χ0) is 21.2. The molecule has 0 aliphatic heterocycles. The van der Waals surface area contributed by atoms with Crippen molar-refractivity contribution in [1.82, 2.24) is 5.32 Å². The number of benzene rings is 3. The van der Waals surface area contributed by atoms with Gasteiger partial charge >= 0.3 is 6.09 Å². The molecule has 0 unspecified atom stereocenters. The highest BCUT2D eigenvalue weighted by Gasteiger charge is 2.38. The standard InChI is InChI=1S/C27H27NO3/c29-16-20-14-19(20)15-26(18-8-2-1-3-9-18)28-27(30)31-17-25-23-12-6-4-10-21(23)22-11-5-7-13-24(22)25/h1-13,19-20,25-26,29H,14-17H2,(H,28,30)/t19-,20+,26-/m0/s1. The van der Waals surface area contributed by atoms with Crippen LogP contribution in [0.1, 0.15) is 41.5 Å². The normalized spacial score (nSPS) is 19.9. The SMILES string of the molecule is O=C(N[C@@H](C[C@@H]1C[C@@H]1CO)c1ccccc1)OCC1c2ccccc2-c2ccccc21. The van der Waals surface area contributed by atoms with E-state index in [0.717, 1.165) is 18.4 Å². The van der Waals surface area contributed by atoms with Gasteiger partial charge in [-0.1, -0.05) is 78.9 Å². The van der Waals surface area contributed by atoms with Gasteiger partial charge in [-0.25, -0.2) is 4.79 Å². The summed E-state index contributed by atoms with van der Waals surface area (Å²) in [7, 11) is 0. The third kappa shape index (κ3) is 4.08. The summed E-state index contributed by atoms with van der Waals surface area (Å²) in [6.45, 7) is 0.529. The second-order valence-electron chi connectivity index (χ2n) is 8.61. The summed E-state index contributed by atoms with van der Waals surface area (Å²) in [6.07, 6.45) is 1.45. The Morgan fingerprint density at radius 3 is 2.13 bits per heavy atom. The first-order valence-electron chi connectivity index (χ1n) is 11.0. The van der Waals surface area contributed by atoms with E-state index in [1.54, 1.807) is 0 Å². The molecule has 2 N–H and O–H groups in total. The fraction of sp³-hybridized carbons (Fsp3) is 0.296. The van der Waals surface area contributed by atoms with Gasteiger partial charge in [0.25, 0.3) is 0 Å². The van der Waals surface area contributed by atoms with Gasteiger partial charge < -0.3 is 15.2 Å². The van der Waals surface area contributed by atoms with Gasteiger partial charge in [-0.2, -0.15) is 0 Å². The van der Waals surface area contributed by atoms with E-state index in [1.165, 1.54) is 22.3 Å². The lowest BCUT2D eigenvalue weighted by atomic mass is 9.98. The molecule has 2 aliphatic carbocycles. The topological polar surface area (TPSA) is 58.6 Å². The van der Waals surface area contributed by atoms with Gasteiger partial charge in [0.2, 0.25) is 0 Å². The molecule has 3 atom stereocenters. The lowest BCUT2D eigenvalue weighted by molar-refractivity contribution is 0.138. The molecule has 0 heterocycles. The molecule has 1 saturated carbocycles. The fourth-order valence-electron chi connectivity index (χ4n) is 4.87. The zero-order valence-corrected chi connectivity index (χ0v) is 17.4. The van der Waals surface area contributed by atoms with Crippen molar-refractivity contribution in [2.24, 2.45) is 11.8 Å². The van der Waals surface area contributed by atoms with E-state index in [2.05, 4.69) is 29.6 Å². The summed E-state index contributed by atoms with van der Waals surface area (Å²) in [6, 6.07) is 26.6. The molecular weight excluding hydrogens is 386 g/mol. The summed E-state index contributed by atoms with van der Waals surface area (Å²) in [5, 5.41) is 12.5. The van der Waals surface area contributed by atoms with Crippen LogP contribution in [0.3, 0.4) is 0 Å². The average molecular weight is 414 g/mol. The Labute approximate surface area is 182 Å². The van der Waals surface area contributed by atoms with Crippen LogP contribution in [0.4, 0.5) is 4.79 Å². The molecule has 4 heteroatoms. The Balaban J connectivity index is 1.28. The van der Waals surface area contributed by atoms with Gasteiger partial charge in [-0.3, -0.25) is 0 Å². The van der Waals surface area contributed by atoms with Crippen molar-refractivity contribution in [3.8, 4) is 11.1 Å². The first-order chi connectivity index (χ1) is 15.2. The summed E-state index contributed by atoms with van der Waals surface area (Å²) in [5.41, 5.74) is 5.93. The number of rotatable bonds is 7. The highest BCUT2D eigenvalue weighted by Crippen LogP contribution is 2.45. The van der Waals surface area contributed by atoms with E-state index in [4.69, 9.17) is 4.74 Å². The molecule has 0 bridgehead atoms. The van der Waals surface area contributed by atoms with Gasteiger partial charge in [-0.15, -0.1) is 0 Å². The third-order valence-electron chi connectivity index (χ3n) is 6.68. The molecule has 0 aromatic heterocycles. The van der Waals surface area contributed by atoms with Crippen LogP contribution < -0.4 is 5.32 Å². The lowest BCUT2D eigenvalue weighted by Gasteiger charge is -2.20. The molecule has 1 amide bonds. The molecule has 0 saturated heterocycles. The molecule has 0 radical (unpaired) electrons. The number of alkyl carbamates (subject to hydrolysis) is 1. The largest absolute Gasteiger partial charge is 0.449 e. The quantitative estimate of drug-likeness (QED) is 0.554. The predicted molar refractivity (Wildman–Crippen MR) is 121 cm³/mol. The van der Waals surface area contributed by atoms with Gasteiger partial charge in [-0.05, 0) is 52.5 Å². The number of fused-ring (bicyclic) bond motifs is 3. The Bertz CT molecular complexity index is 1020. The fourth-order valence-corrected chi connectivity index (χ4v) is 4.87. The highest BCUT2D eigenvalue weighted by molar-refractivity contribution is 5.79. The smallest absolute Gasteiger partial charge is 0.407 e. The summed E-state index contributed by atoms with van der Waals surface area (Å²) >= 11 is 0. The first kappa shape index (κ1) is 19.8. The number of hydrogen-bond donors (Lipinski definition) is 2. The van der Waals surface area contributed by atoms with Crippen LogP contribution in [0.15, 0.2) is 78.9 Å². The minimum absolute atomic E-state index is 0.0514. The minimum Gasteiger partial charge on any atom is -0.449 e. The predicted octanol–water partition coefficient (Wildman–Crippen LogP) is 5.28. The summed E-state index contributed by atoms with van der Waals surface area (Å²) in [5.74, 6) is 0.857. The Morgan fingerprint density at radius 1 is 0.903 bits per heavy atom. The molecule has 31 heavy (non-hydrogen) atoms. The number of amides is 1. The van der Waals surface area contributed by atoms with Crippen LogP contribution in [0, 0.1) is 11.8 Å². The molecular formula is C27H27NO3. The zero-order valence-electron chi connectivity index (χ0n) is 17.4. The minimum atomic E-state index is -0.392. The Hall–Kier alpha value is -3.11. The van der Waals surface area contributed by atoms with Crippen molar-refractivity contribution in [1.29, 1.82) is 0 Å². The number of aliphatic hydroxyl groups is 1. The maximum absolute atomic E-state index is 12.8. The van der Waals surface area contributed by atoms with E-state index in [0.29, 0.717) is 18.4 Å². The van der Waals surface area contributed by atoms with Crippen molar-refractivity contribution in [3.63, 3.8) is 0 Å². The van der Waals surface area contributed by atoms with E-state index in [-0.39, 0.29) is 18.6 Å². The average Bonchev–Trinajstić information content (AvgIpc) is 3.50. The lowest BCUT2D eigenvalue weighted by Crippen LogP contribution is -2.30. The second-order valence-corrected chi connectivity index (χ2v) is 8.61. The van der Waals surface area contributed by atoms with Gasteiger partial charge in [0.05, 0.1) is 6.04 Å². The van der Waals surface area contributed by atoms with Crippen LogP contribution in [0.2, 0.25) is 0 Å².